The van der Waals surface area contributed by atoms with Crippen LogP contribution in [0.15, 0.2) is 18.2 Å². The van der Waals surface area contributed by atoms with Crippen molar-refractivity contribution in [2.24, 2.45) is 0 Å². The molecular formula is C20H29FN4O3. The van der Waals surface area contributed by atoms with Gasteiger partial charge in [0.2, 0.25) is 11.8 Å². The molecule has 2 amide bonds. The predicted octanol–water partition coefficient (Wildman–Crippen LogP) is 0.691. The number of ether oxygens (including phenoxy) is 1. The van der Waals surface area contributed by atoms with E-state index in [0.29, 0.717) is 13.1 Å². The number of methoxy groups -OCH3 is 1. The first kappa shape index (κ1) is 20.5. The Morgan fingerprint density at radius 1 is 1.07 bits per heavy atom. The van der Waals surface area contributed by atoms with Crippen molar-refractivity contribution < 1.29 is 18.7 Å². The van der Waals surface area contributed by atoms with Crippen LogP contribution in [0.4, 0.5) is 4.39 Å². The number of nitrogens with one attached hydrogen (secondary N) is 1. The summed E-state index contributed by atoms with van der Waals surface area (Å²) in [6.45, 7) is 5.83. The van der Waals surface area contributed by atoms with Crippen molar-refractivity contribution in [1.29, 1.82) is 0 Å². The van der Waals surface area contributed by atoms with Crippen LogP contribution in [0.5, 0.6) is 5.75 Å². The summed E-state index contributed by atoms with van der Waals surface area (Å²) in [6.07, 6.45) is 2.10. The van der Waals surface area contributed by atoms with Crippen molar-refractivity contribution in [3.63, 3.8) is 0 Å². The molecule has 0 bridgehead atoms. The van der Waals surface area contributed by atoms with Gasteiger partial charge in [0.05, 0.1) is 20.2 Å². The molecular weight excluding hydrogens is 363 g/mol. The summed E-state index contributed by atoms with van der Waals surface area (Å²) in [5.41, 5.74) is 0.907. The molecule has 1 N–H and O–H groups in total. The van der Waals surface area contributed by atoms with Gasteiger partial charge in [-0.05, 0) is 30.5 Å². The third-order valence-corrected chi connectivity index (χ3v) is 5.35. The first-order chi connectivity index (χ1) is 13.5. The van der Waals surface area contributed by atoms with E-state index in [-0.39, 0.29) is 29.9 Å². The third-order valence-electron chi connectivity index (χ3n) is 5.35. The number of carbonyl (C=O) groups is 2. The Morgan fingerprint density at radius 2 is 1.75 bits per heavy atom. The molecule has 0 spiro atoms. The quantitative estimate of drug-likeness (QED) is 0.740. The lowest BCUT2D eigenvalue weighted by Crippen LogP contribution is -2.50. The van der Waals surface area contributed by atoms with Crippen LogP contribution in [0.2, 0.25) is 0 Å². The minimum Gasteiger partial charge on any atom is -0.494 e. The fourth-order valence-electron chi connectivity index (χ4n) is 3.68. The number of nitrogens with zero attached hydrogens (tertiary/aromatic N) is 3. The number of amides is 2. The molecule has 3 rings (SSSR count). The van der Waals surface area contributed by atoms with Gasteiger partial charge >= 0.3 is 0 Å². The largest absolute Gasteiger partial charge is 0.494 e. The van der Waals surface area contributed by atoms with Gasteiger partial charge < -0.3 is 15.0 Å². The second kappa shape index (κ2) is 9.84. The fourth-order valence-corrected chi connectivity index (χ4v) is 3.68. The second-order valence-electron chi connectivity index (χ2n) is 7.39. The average molecular weight is 392 g/mol. The molecule has 8 heteroatoms. The van der Waals surface area contributed by atoms with Crippen molar-refractivity contribution in [2.45, 2.75) is 19.4 Å². The molecule has 28 heavy (non-hydrogen) atoms. The van der Waals surface area contributed by atoms with Gasteiger partial charge in [-0.2, -0.15) is 0 Å². The minimum atomic E-state index is -0.348. The average Bonchev–Trinajstić information content (AvgIpc) is 3.23. The molecule has 2 fully saturated rings. The van der Waals surface area contributed by atoms with Crippen LogP contribution < -0.4 is 10.1 Å². The van der Waals surface area contributed by atoms with E-state index in [9.17, 15) is 14.0 Å². The van der Waals surface area contributed by atoms with Crippen molar-refractivity contribution in [1.82, 2.24) is 20.0 Å². The van der Waals surface area contributed by atoms with Gasteiger partial charge in [0, 0.05) is 45.8 Å². The lowest BCUT2D eigenvalue weighted by atomic mass is 10.2. The van der Waals surface area contributed by atoms with Gasteiger partial charge in [0.25, 0.3) is 0 Å². The third kappa shape index (κ3) is 5.65. The molecule has 0 atom stereocenters. The van der Waals surface area contributed by atoms with Gasteiger partial charge in [0.1, 0.15) is 0 Å². The Bertz CT molecular complexity index is 686. The maximum absolute atomic E-state index is 13.8. The molecule has 0 aromatic heterocycles. The van der Waals surface area contributed by atoms with Crippen LogP contribution in [-0.4, -0.2) is 86.0 Å². The maximum Gasteiger partial charge on any atom is 0.241 e. The number of hydrogen-bond acceptors (Lipinski definition) is 5. The van der Waals surface area contributed by atoms with Crippen LogP contribution in [0.1, 0.15) is 18.4 Å². The summed E-state index contributed by atoms with van der Waals surface area (Å²) in [5, 5.41) is 2.74. The van der Waals surface area contributed by atoms with Crippen molar-refractivity contribution >= 4 is 11.8 Å². The summed E-state index contributed by atoms with van der Waals surface area (Å²) in [6, 6.07) is 5.03. The molecule has 1 aromatic carbocycles. The van der Waals surface area contributed by atoms with Gasteiger partial charge in [-0.15, -0.1) is 0 Å². The lowest BCUT2D eigenvalue weighted by Gasteiger charge is -2.34. The van der Waals surface area contributed by atoms with Crippen molar-refractivity contribution in [3.05, 3.63) is 29.6 Å². The highest BCUT2D eigenvalue weighted by Gasteiger charge is 2.21. The molecule has 0 saturated carbocycles. The molecule has 0 aliphatic carbocycles. The molecule has 2 aliphatic rings. The zero-order valence-electron chi connectivity index (χ0n) is 16.5. The van der Waals surface area contributed by atoms with E-state index >= 15 is 0 Å². The molecule has 7 nitrogen and oxygen atoms in total. The van der Waals surface area contributed by atoms with E-state index in [1.807, 2.05) is 6.07 Å². The molecule has 0 radical (unpaired) electrons. The van der Waals surface area contributed by atoms with Gasteiger partial charge in [0.15, 0.2) is 11.6 Å². The second-order valence-corrected chi connectivity index (χ2v) is 7.39. The summed E-state index contributed by atoms with van der Waals surface area (Å²) >= 11 is 0. The van der Waals surface area contributed by atoms with Crippen LogP contribution in [0, 0.1) is 5.82 Å². The van der Waals surface area contributed by atoms with Crippen LogP contribution in [0.3, 0.4) is 0 Å². The van der Waals surface area contributed by atoms with E-state index in [0.717, 1.165) is 57.7 Å². The fraction of sp³-hybridized carbons (Fsp3) is 0.600. The Kier molecular flexibility index (Phi) is 7.22. The highest BCUT2D eigenvalue weighted by molar-refractivity contribution is 5.85. The topological polar surface area (TPSA) is 65.1 Å². The monoisotopic (exact) mass is 392 g/mol. The highest BCUT2D eigenvalue weighted by Crippen LogP contribution is 2.19. The highest BCUT2D eigenvalue weighted by atomic mass is 19.1. The van der Waals surface area contributed by atoms with Crippen molar-refractivity contribution in [2.75, 3.05) is 59.5 Å². The van der Waals surface area contributed by atoms with Gasteiger partial charge in [-0.1, -0.05) is 6.07 Å². The standard InChI is InChI=1S/C20H29FN4O3/c1-28-18-5-4-16(12-17(18)21)14-23-8-10-24(11-9-23)15-19(26)22-13-20(27)25-6-2-3-7-25/h4-5,12H,2-3,6-11,13-15H2,1H3,(H,22,26). The number of carbonyl (C=O) groups excluding carboxylic acids is 2. The number of piperazine rings is 1. The zero-order valence-corrected chi connectivity index (χ0v) is 16.5. The van der Waals surface area contributed by atoms with Crippen LogP contribution >= 0.6 is 0 Å². The molecule has 2 aliphatic heterocycles. The van der Waals surface area contributed by atoms with E-state index in [2.05, 4.69) is 15.1 Å². The molecule has 154 valence electrons. The van der Waals surface area contributed by atoms with E-state index in [1.165, 1.54) is 13.2 Å². The number of rotatable bonds is 7. The molecule has 2 heterocycles. The van der Waals surface area contributed by atoms with E-state index < -0.39 is 0 Å². The summed E-state index contributed by atoms with van der Waals surface area (Å²) in [5.74, 6) is -0.206. The predicted molar refractivity (Wildman–Crippen MR) is 103 cm³/mol. The normalized spacial score (nSPS) is 18.3. The number of hydrogen-bond donors (Lipinski definition) is 1. The van der Waals surface area contributed by atoms with E-state index in [1.54, 1.807) is 11.0 Å². The Labute approximate surface area is 165 Å². The summed E-state index contributed by atoms with van der Waals surface area (Å²) in [7, 11) is 1.45. The summed E-state index contributed by atoms with van der Waals surface area (Å²) < 4.78 is 18.8. The lowest BCUT2D eigenvalue weighted by molar-refractivity contribution is -0.132. The van der Waals surface area contributed by atoms with E-state index in [4.69, 9.17) is 4.74 Å². The number of likely N-dealkylation sites (tertiary alicyclic amines) is 1. The number of benzene rings is 1. The summed E-state index contributed by atoms with van der Waals surface area (Å²) in [4.78, 5) is 30.2. The Balaban J connectivity index is 1.36. The van der Waals surface area contributed by atoms with Crippen molar-refractivity contribution in [3.8, 4) is 5.75 Å². The maximum atomic E-state index is 13.8. The first-order valence-corrected chi connectivity index (χ1v) is 9.87. The smallest absolute Gasteiger partial charge is 0.241 e. The molecule has 1 aromatic rings. The van der Waals surface area contributed by atoms with Crippen LogP contribution in [-0.2, 0) is 16.1 Å². The number of halogens is 1. The first-order valence-electron chi connectivity index (χ1n) is 9.87. The molecule has 2 saturated heterocycles. The molecule has 0 unspecified atom stereocenters. The minimum absolute atomic E-state index is 0.00222. The SMILES string of the molecule is COc1ccc(CN2CCN(CC(=O)NCC(=O)N3CCCC3)CC2)cc1F. The zero-order chi connectivity index (χ0) is 19.9. The Morgan fingerprint density at radius 3 is 2.39 bits per heavy atom. The van der Waals surface area contributed by atoms with Gasteiger partial charge in [-0.3, -0.25) is 19.4 Å². The van der Waals surface area contributed by atoms with Gasteiger partial charge in [-0.25, -0.2) is 4.39 Å². The van der Waals surface area contributed by atoms with Crippen LogP contribution in [0.25, 0.3) is 0 Å². The Hall–Kier alpha value is -2.19.